The minimum absolute atomic E-state index is 0.0174. The van der Waals surface area contributed by atoms with Crippen molar-refractivity contribution in [1.82, 2.24) is 4.98 Å². The van der Waals surface area contributed by atoms with Crippen LogP contribution in [0.25, 0.3) is 10.9 Å². The van der Waals surface area contributed by atoms with Gasteiger partial charge in [-0.15, -0.1) is 0 Å². The van der Waals surface area contributed by atoms with Crippen molar-refractivity contribution >= 4 is 40.3 Å². The molecule has 7 heteroatoms. The number of fused-ring (bicyclic) bond motifs is 1. The van der Waals surface area contributed by atoms with Crippen LogP contribution in [-0.2, 0) is 11.2 Å². The van der Waals surface area contributed by atoms with Gasteiger partial charge in [0.2, 0.25) is 0 Å². The third-order valence-electron chi connectivity index (χ3n) is 4.20. The average Bonchev–Trinajstić information content (AvgIpc) is 2.61. The van der Waals surface area contributed by atoms with Crippen LogP contribution in [0.2, 0.25) is 5.02 Å². The second-order valence-electron chi connectivity index (χ2n) is 6.21. The molecule has 0 saturated heterocycles. The molecule has 1 aromatic heterocycles. The lowest BCUT2D eigenvalue weighted by Crippen LogP contribution is -2.32. The van der Waals surface area contributed by atoms with Gasteiger partial charge in [0.25, 0.3) is 0 Å². The summed E-state index contributed by atoms with van der Waals surface area (Å²) < 4.78 is 0. The van der Waals surface area contributed by atoms with E-state index in [9.17, 15) is 19.8 Å². The van der Waals surface area contributed by atoms with Gasteiger partial charge < -0.3 is 15.5 Å². The average molecular weight is 385 g/mol. The molecule has 3 rings (SSSR count). The molecule has 0 fully saturated rings. The molecule has 3 N–H and O–H groups in total. The summed E-state index contributed by atoms with van der Waals surface area (Å²) >= 11 is 6.04. The number of pyridine rings is 1. The first kappa shape index (κ1) is 18.7. The number of anilines is 1. The molecule has 0 aliphatic rings. The minimum Gasteiger partial charge on any atom is -0.480 e. The van der Waals surface area contributed by atoms with Crippen molar-refractivity contribution in [2.24, 2.45) is 0 Å². The Morgan fingerprint density at radius 3 is 2.48 bits per heavy atom. The SMILES string of the molecule is Cc1cc(Cl)cc2cc(C(=O)O)c(NC(Cc3ccccc3)C(=O)O)nc12. The molecular weight excluding hydrogens is 368 g/mol. The molecule has 1 heterocycles. The molecule has 0 saturated carbocycles. The van der Waals surface area contributed by atoms with Crippen molar-refractivity contribution in [2.45, 2.75) is 19.4 Å². The van der Waals surface area contributed by atoms with Gasteiger partial charge in [-0.1, -0.05) is 41.9 Å². The predicted molar refractivity (Wildman–Crippen MR) is 104 cm³/mol. The fourth-order valence-corrected chi connectivity index (χ4v) is 3.19. The number of carboxylic acid groups (broad SMARTS) is 2. The number of carbonyl (C=O) groups is 2. The molecule has 138 valence electrons. The fraction of sp³-hybridized carbons (Fsp3) is 0.150. The molecule has 0 radical (unpaired) electrons. The van der Waals surface area contributed by atoms with Gasteiger partial charge in [0.05, 0.1) is 5.52 Å². The molecule has 2 aromatic carbocycles. The van der Waals surface area contributed by atoms with Crippen LogP contribution in [0.4, 0.5) is 5.82 Å². The summed E-state index contributed by atoms with van der Waals surface area (Å²) in [4.78, 5) is 27.8. The van der Waals surface area contributed by atoms with Crippen LogP contribution in [0.15, 0.2) is 48.5 Å². The maximum atomic E-state index is 11.7. The number of rotatable bonds is 6. The van der Waals surface area contributed by atoms with Crippen molar-refractivity contribution in [3.05, 3.63) is 70.2 Å². The largest absolute Gasteiger partial charge is 0.480 e. The Hall–Kier alpha value is -3.12. The fourth-order valence-electron chi connectivity index (χ4n) is 2.91. The topological polar surface area (TPSA) is 99.5 Å². The number of carboxylic acids is 2. The van der Waals surface area contributed by atoms with E-state index in [0.29, 0.717) is 15.9 Å². The number of aliphatic carboxylic acids is 1. The standard InChI is InChI=1S/C20H17ClN2O4/c1-11-7-14(21)9-13-10-15(19(24)25)18(23-17(11)13)22-16(20(26)27)8-12-5-3-2-4-6-12/h2-7,9-10,16H,8H2,1H3,(H,22,23)(H,24,25)(H,26,27). The van der Waals surface area contributed by atoms with E-state index in [2.05, 4.69) is 10.3 Å². The molecule has 6 nitrogen and oxygen atoms in total. The normalized spacial score (nSPS) is 11.9. The lowest BCUT2D eigenvalue weighted by atomic mass is 10.0. The lowest BCUT2D eigenvalue weighted by molar-refractivity contribution is -0.137. The highest BCUT2D eigenvalue weighted by atomic mass is 35.5. The number of nitrogens with zero attached hydrogens (tertiary/aromatic N) is 1. The maximum Gasteiger partial charge on any atom is 0.339 e. The molecule has 0 amide bonds. The van der Waals surface area contributed by atoms with Crippen molar-refractivity contribution in [1.29, 1.82) is 0 Å². The van der Waals surface area contributed by atoms with Gasteiger partial charge in [-0.3, -0.25) is 0 Å². The molecule has 0 spiro atoms. The number of aromatic carboxylic acids is 1. The number of aryl methyl sites for hydroxylation is 1. The Kier molecular flexibility index (Phi) is 5.28. The van der Waals surface area contributed by atoms with Gasteiger partial charge in [0, 0.05) is 16.8 Å². The van der Waals surface area contributed by atoms with E-state index < -0.39 is 18.0 Å². The molecule has 0 aliphatic carbocycles. The Morgan fingerprint density at radius 1 is 1.15 bits per heavy atom. The number of halogens is 1. The second-order valence-corrected chi connectivity index (χ2v) is 6.65. The smallest absolute Gasteiger partial charge is 0.339 e. The highest BCUT2D eigenvalue weighted by Gasteiger charge is 2.22. The number of benzene rings is 2. The molecular formula is C20H17ClN2O4. The summed E-state index contributed by atoms with van der Waals surface area (Å²) in [6.45, 7) is 1.81. The Balaban J connectivity index is 2.04. The van der Waals surface area contributed by atoms with Crippen LogP contribution in [0.1, 0.15) is 21.5 Å². The lowest BCUT2D eigenvalue weighted by Gasteiger charge is -2.18. The van der Waals surface area contributed by atoms with Gasteiger partial charge >= 0.3 is 11.9 Å². The van der Waals surface area contributed by atoms with E-state index in [1.54, 1.807) is 12.1 Å². The van der Waals surface area contributed by atoms with Crippen molar-refractivity contribution < 1.29 is 19.8 Å². The van der Waals surface area contributed by atoms with Gasteiger partial charge in [-0.05, 0) is 36.2 Å². The van der Waals surface area contributed by atoms with E-state index in [-0.39, 0.29) is 17.8 Å². The molecule has 1 unspecified atom stereocenters. The van der Waals surface area contributed by atoms with E-state index in [4.69, 9.17) is 11.6 Å². The number of nitrogens with one attached hydrogen (secondary N) is 1. The van der Waals surface area contributed by atoms with Crippen molar-refractivity contribution in [2.75, 3.05) is 5.32 Å². The Bertz CT molecular complexity index is 1020. The zero-order valence-electron chi connectivity index (χ0n) is 14.4. The molecule has 0 bridgehead atoms. The first-order valence-corrected chi connectivity index (χ1v) is 8.60. The monoisotopic (exact) mass is 384 g/mol. The third kappa shape index (κ3) is 4.17. The summed E-state index contributed by atoms with van der Waals surface area (Å²) in [7, 11) is 0. The highest BCUT2D eigenvalue weighted by Crippen LogP contribution is 2.27. The molecule has 3 aromatic rings. The quantitative estimate of drug-likeness (QED) is 0.594. The van der Waals surface area contributed by atoms with Gasteiger partial charge in [-0.2, -0.15) is 0 Å². The first-order chi connectivity index (χ1) is 12.8. The molecule has 1 atom stereocenters. The van der Waals surface area contributed by atoms with E-state index in [1.807, 2.05) is 37.3 Å². The molecule has 0 aliphatic heterocycles. The first-order valence-electron chi connectivity index (χ1n) is 8.22. The van der Waals surface area contributed by atoms with Gasteiger partial charge in [0.1, 0.15) is 17.4 Å². The number of aromatic nitrogens is 1. The summed E-state index contributed by atoms with van der Waals surface area (Å²) in [5.74, 6) is -2.28. The van der Waals surface area contributed by atoms with E-state index >= 15 is 0 Å². The Labute approximate surface area is 160 Å². The second kappa shape index (κ2) is 7.63. The summed E-state index contributed by atoms with van der Waals surface area (Å²) in [5.41, 5.74) is 2.05. The summed E-state index contributed by atoms with van der Waals surface area (Å²) in [6.07, 6.45) is 0.189. The van der Waals surface area contributed by atoms with Crippen molar-refractivity contribution in [3.63, 3.8) is 0 Å². The Morgan fingerprint density at radius 2 is 1.85 bits per heavy atom. The van der Waals surface area contributed by atoms with Crippen LogP contribution in [0.3, 0.4) is 0 Å². The third-order valence-corrected chi connectivity index (χ3v) is 4.41. The molecule has 27 heavy (non-hydrogen) atoms. The predicted octanol–water partition coefficient (Wildman–Crippen LogP) is 4.00. The zero-order chi connectivity index (χ0) is 19.6. The maximum absolute atomic E-state index is 11.7. The highest BCUT2D eigenvalue weighted by molar-refractivity contribution is 6.31. The van der Waals surface area contributed by atoms with Crippen LogP contribution >= 0.6 is 11.6 Å². The number of hydrogen-bond donors (Lipinski definition) is 3. The summed E-state index contributed by atoms with van der Waals surface area (Å²) in [6, 6.07) is 12.9. The van der Waals surface area contributed by atoms with Crippen LogP contribution in [0.5, 0.6) is 0 Å². The minimum atomic E-state index is -1.20. The van der Waals surface area contributed by atoms with E-state index in [1.165, 1.54) is 6.07 Å². The number of hydrogen-bond acceptors (Lipinski definition) is 4. The van der Waals surface area contributed by atoms with Crippen molar-refractivity contribution in [3.8, 4) is 0 Å². The summed E-state index contributed by atoms with van der Waals surface area (Å²) in [5, 5.41) is 23.0. The van der Waals surface area contributed by atoms with Crippen LogP contribution in [-0.4, -0.2) is 33.2 Å². The van der Waals surface area contributed by atoms with Gasteiger partial charge in [0.15, 0.2) is 0 Å². The van der Waals surface area contributed by atoms with E-state index in [0.717, 1.165) is 11.1 Å². The van der Waals surface area contributed by atoms with Gasteiger partial charge in [-0.25, -0.2) is 14.6 Å². The zero-order valence-corrected chi connectivity index (χ0v) is 15.2. The van der Waals surface area contributed by atoms with Crippen LogP contribution in [0, 0.1) is 6.92 Å². The van der Waals surface area contributed by atoms with Crippen LogP contribution < -0.4 is 5.32 Å².